The molecule has 0 fully saturated rings. The largest absolute Gasteiger partial charge is 0.573 e. The van der Waals surface area contributed by atoms with Crippen LogP contribution in [0.3, 0.4) is 0 Å². The zero-order chi connectivity index (χ0) is 15.3. The molecule has 1 aromatic carbocycles. The van der Waals surface area contributed by atoms with Crippen LogP contribution in [0.1, 0.15) is 18.1 Å². The second kappa shape index (κ2) is 6.23. The summed E-state index contributed by atoms with van der Waals surface area (Å²) >= 11 is 0. The van der Waals surface area contributed by atoms with Gasteiger partial charge in [-0.15, -0.1) is 13.2 Å². The fourth-order valence-corrected chi connectivity index (χ4v) is 1.42. The molecule has 0 heterocycles. The van der Waals surface area contributed by atoms with Crippen molar-refractivity contribution in [3.05, 3.63) is 29.1 Å². The van der Waals surface area contributed by atoms with Crippen molar-refractivity contribution in [3.8, 4) is 11.8 Å². The SMILES string of the molecule is CCOC(=O)Cc1c(F)cc(C#N)cc1OC(F)(F)F. The minimum atomic E-state index is -5.07. The van der Waals surface area contributed by atoms with Crippen LogP contribution >= 0.6 is 0 Å². The lowest BCUT2D eigenvalue weighted by Crippen LogP contribution is -2.20. The molecular formula is C12H9F4NO3. The van der Waals surface area contributed by atoms with E-state index in [2.05, 4.69) is 9.47 Å². The summed E-state index contributed by atoms with van der Waals surface area (Å²) in [5.41, 5.74) is -0.964. The highest BCUT2D eigenvalue weighted by Gasteiger charge is 2.33. The molecule has 8 heteroatoms. The number of alkyl halides is 3. The Balaban J connectivity index is 3.19. The number of hydrogen-bond donors (Lipinski definition) is 0. The lowest BCUT2D eigenvalue weighted by Gasteiger charge is -2.14. The Hall–Kier alpha value is -2.30. The number of benzene rings is 1. The molecule has 0 unspecified atom stereocenters. The Morgan fingerprint density at radius 2 is 2.05 bits per heavy atom. The van der Waals surface area contributed by atoms with Gasteiger partial charge in [-0.3, -0.25) is 4.79 Å². The molecule has 0 aromatic heterocycles. The van der Waals surface area contributed by atoms with Gasteiger partial charge in [-0.2, -0.15) is 5.26 Å². The minimum Gasteiger partial charge on any atom is -0.466 e. The maximum absolute atomic E-state index is 13.7. The van der Waals surface area contributed by atoms with E-state index in [-0.39, 0.29) is 12.2 Å². The molecule has 1 aromatic rings. The Morgan fingerprint density at radius 1 is 1.40 bits per heavy atom. The first-order valence-electron chi connectivity index (χ1n) is 5.40. The molecule has 0 atom stereocenters. The normalized spacial score (nSPS) is 10.8. The van der Waals surface area contributed by atoms with Crippen molar-refractivity contribution in [3.63, 3.8) is 0 Å². The highest BCUT2D eigenvalue weighted by Crippen LogP contribution is 2.30. The average molecular weight is 291 g/mol. The Bertz CT molecular complexity index is 549. The first-order chi connectivity index (χ1) is 9.26. The molecule has 0 bridgehead atoms. The van der Waals surface area contributed by atoms with E-state index >= 15 is 0 Å². The molecule has 0 spiro atoms. The first-order valence-corrected chi connectivity index (χ1v) is 5.40. The van der Waals surface area contributed by atoms with Gasteiger partial charge in [0.2, 0.25) is 0 Å². The molecule has 0 amide bonds. The molecule has 4 nitrogen and oxygen atoms in total. The fraction of sp³-hybridized carbons (Fsp3) is 0.333. The first kappa shape index (κ1) is 15.8. The summed E-state index contributed by atoms with van der Waals surface area (Å²) < 4.78 is 58.5. The fourth-order valence-electron chi connectivity index (χ4n) is 1.42. The van der Waals surface area contributed by atoms with Crippen molar-refractivity contribution in [1.29, 1.82) is 5.26 Å². The third kappa shape index (κ3) is 4.42. The van der Waals surface area contributed by atoms with E-state index in [4.69, 9.17) is 5.26 Å². The van der Waals surface area contributed by atoms with E-state index in [0.29, 0.717) is 6.07 Å². The summed E-state index contributed by atoms with van der Waals surface area (Å²) in [5.74, 6) is -2.97. The van der Waals surface area contributed by atoms with Gasteiger partial charge in [0, 0.05) is 5.56 Å². The van der Waals surface area contributed by atoms with Gasteiger partial charge < -0.3 is 9.47 Å². The Labute approximate surface area is 111 Å². The monoisotopic (exact) mass is 291 g/mol. The van der Waals surface area contributed by atoms with Crippen LogP contribution in [0, 0.1) is 17.1 Å². The van der Waals surface area contributed by atoms with Gasteiger partial charge in [0.15, 0.2) is 0 Å². The lowest BCUT2D eigenvalue weighted by molar-refractivity contribution is -0.275. The highest BCUT2D eigenvalue weighted by molar-refractivity contribution is 5.74. The summed E-state index contributed by atoms with van der Waals surface area (Å²) in [7, 11) is 0. The Kier molecular flexibility index (Phi) is 4.91. The summed E-state index contributed by atoms with van der Waals surface area (Å²) in [4.78, 5) is 11.2. The van der Waals surface area contributed by atoms with Gasteiger partial charge in [-0.25, -0.2) is 4.39 Å². The summed E-state index contributed by atoms with van der Waals surface area (Å²) in [6, 6.07) is 2.93. The van der Waals surface area contributed by atoms with Gasteiger partial charge in [-0.1, -0.05) is 0 Å². The maximum atomic E-state index is 13.7. The molecule has 0 aliphatic carbocycles. The molecular weight excluding hydrogens is 282 g/mol. The number of carbonyl (C=O) groups is 1. The standard InChI is InChI=1S/C12H9F4NO3/c1-2-19-11(18)5-8-9(13)3-7(6-17)4-10(8)20-12(14,15)16/h3-4H,2,5H2,1H3. The number of hydrogen-bond acceptors (Lipinski definition) is 4. The van der Waals surface area contributed by atoms with Crippen LogP contribution in [0.25, 0.3) is 0 Å². The van der Waals surface area contributed by atoms with Crippen LogP contribution in [0.4, 0.5) is 17.6 Å². The van der Waals surface area contributed by atoms with Gasteiger partial charge >= 0.3 is 12.3 Å². The van der Waals surface area contributed by atoms with Gasteiger partial charge in [0.1, 0.15) is 11.6 Å². The van der Waals surface area contributed by atoms with E-state index in [1.54, 1.807) is 0 Å². The van der Waals surface area contributed by atoms with Crippen LogP contribution in [0.5, 0.6) is 5.75 Å². The second-order valence-electron chi connectivity index (χ2n) is 3.58. The van der Waals surface area contributed by atoms with Crippen LogP contribution in [0.2, 0.25) is 0 Å². The molecule has 108 valence electrons. The molecule has 0 aliphatic heterocycles. The average Bonchev–Trinajstić information content (AvgIpc) is 2.31. The van der Waals surface area contributed by atoms with E-state index in [1.165, 1.54) is 13.0 Å². The lowest BCUT2D eigenvalue weighted by atomic mass is 10.1. The summed E-state index contributed by atoms with van der Waals surface area (Å²) in [6.45, 7) is 1.51. The number of nitrogens with zero attached hydrogens (tertiary/aromatic N) is 1. The van der Waals surface area contributed by atoms with Crippen molar-refractivity contribution in [2.24, 2.45) is 0 Å². The van der Waals surface area contributed by atoms with Gasteiger partial charge in [0.05, 0.1) is 24.7 Å². The summed E-state index contributed by atoms with van der Waals surface area (Å²) in [5, 5.41) is 8.60. The molecule has 0 aliphatic rings. The molecule has 0 radical (unpaired) electrons. The van der Waals surface area contributed by atoms with E-state index in [9.17, 15) is 22.4 Å². The number of esters is 1. The van der Waals surface area contributed by atoms with Crippen molar-refractivity contribution in [1.82, 2.24) is 0 Å². The topological polar surface area (TPSA) is 59.3 Å². The van der Waals surface area contributed by atoms with Gasteiger partial charge in [0.25, 0.3) is 0 Å². The Morgan fingerprint density at radius 3 is 2.55 bits per heavy atom. The van der Waals surface area contributed by atoms with Crippen molar-refractivity contribution < 1.29 is 31.8 Å². The van der Waals surface area contributed by atoms with E-state index in [0.717, 1.165) is 6.07 Å². The van der Waals surface area contributed by atoms with Crippen molar-refractivity contribution >= 4 is 5.97 Å². The zero-order valence-corrected chi connectivity index (χ0v) is 10.3. The number of carbonyl (C=O) groups excluding carboxylic acids is 1. The third-order valence-corrected chi connectivity index (χ3v) is 2.14. The number of rotatable bonds is 4. The molecule has 0 N–H and O–H groups in total. The predicted molar refractivity (Wildman–Crippen MR) is 58.1 cm³/mol. The van der Waals surface area contributed by atoms with Crippen LogP contribution in [0.15, 0.2) is 12.1 Å². The molecule has 0 saturated heterocycles. The van der Waals surface area contributed by atoms with E-state index < -0.39 is 35.9 Å². The molecule has 1 rings (SSSR count). The molecule has 20 heavy (non-hydrogen) atoms. The van der Waals surface area contributed by atoms with Crippen molar-refractivity contribution in [2.45, 2.75) is 19.7 Å². The van der Waals surface area contributed by atoms with Crippen LogP contribution < -0.4 is 4.74 Å². The number of ether oxygens (including phenoxy) is 2. The van der Waals surface area contributed by atoms with Crippen LogP contribution in [-0.4, -0.2) is 18.9 Å². The number of halogens is 4. The number of nitriles is 1. The minimum absolute atomic E-state index is 0.00614. The third-order valence-electron chi connectivity index (χ3n) is 2.14. The van der Waals surface area contributed by atoms with Gasteiger partial charge in [-0.05, 0) is 19.1 Å². The summed E-state index contributed by atoms with van der Waals surface area (Å²) in [6.07, 6.45) is -5.79. The quantitative estimate of drug-likeness (QED) is 0.632. The van der Waals surface area contributed by atoms with Crippen molar-refractivity contribution in [2.75, 3.05) is 6.61 Å². The van der Waals surface area contributed by atoms with Crippen LogP contribution in [-0.2, 0) is 16.0 Å². The molecule has 0 saturated carbocycles. The highest BCUT2D eigenvalue weighted by atomic mass is 19.4. The zero-order valence-electron chi connectivity index (χ0n) is 10.3. The second-order valence-corrected chi connectivity index (χ2v) is 3.58. The smallest absolute Gasteiger partial charge is 0.466 e. The predicted octanol–water partition coefficient (Wildman–Crippen LogP) is 2.70. The van der Waals surface area contributed by atoms with E-state index in [1.807, 2.05) is 0 Å². The maximum Gasteiger partial charge on any atom is 0.573 e.